The van der Waals surface area contributed by atoms with Gasteiger partial charge in [-0.2, -0.15) is 0 Å². The van der Waals surface area contributed by atoms with Crippen LogP contribution >= 0.6 is 0 Å². The summed E-state index contributed by atoms with van der Waals surface area (Å²) in [5.74, 6) is 0.581. The van der Waals surface area contributed by atoms with Crippen molar-refractivity contribution in [3.63, 3.8) is 0 Å². The molecule has 1 aliphatic heterocycles. The van der Waals surface area contributed by atoms with E-state index in [2.05, 4.69) is 10.5 Å². The number of hydrogen-bond donors (Lipinski definition) is 2. The van der Waals surface area contributed by atoms with Crippen LogP contribution in [0.1, 0.15) is 18.6 Å². The fourth-order valence-corrected chi connectivity index (χ4v) is 2.78. The summed E-state index contributed by atoms with van der Waals surface area (Å²) in [6, 6.07) is 11.6. The van der Waals surface area contributed by atoms with E-state index in [4.69, 9.17) is 15.0 Å². The first-order valence-corrected chi connectivity index (χ1v) is 7.81. The molecule has 2 aromatic rings. The first kappa shape index (κ1) is 15.7. The van der Waals surface area contributed by atoms with Crippen LogP contribution in [0.25, 0.3) is 11.3 Å². The minimum absolute atomic E-state index is 0.0408. The summed E-state index contributed by atoms with van der Waals surface area (Å²) in [6.07, 6.45) is 1.31. The van der Waals surface area contributed by atoms with Gasteiger partial charge in [-0.25, -0.2) is 0 Å². The predicted molar refractivity (Wildman–Crippen MR) is 85.3 cm³/mol. The minimum atomic E-state index is -0.527. The Morgan fingerprint density at radius 3 is 2.70 bits per heavy atom. The van der Waals surface area contributed by atoms with Gasteiger partial charge in [-0.05, 0) is 12.8 Å². The number of aromatic nitrogens is 1. The highest BCUT2D eigenvalue weighted by atomic mass is 16.5. The first-order chi connectivity index (χ1) is 11.2. The molecule has 0 atom stereocenters. The van der Waals surface area contributed by atoms with Crippen molar-refractivity contribution < 1.29 is 14.1 Å². The number of ether oxygens (including phenoxy) is 1. The van der Waals surface area contributed by atoms with E-state index in [0.717, 1.165) is 11.3 Å². The number of hydrogen-bond acceptors (Lipinski definition) is 5. The van der Waals surface area contributed by atoms with Crippen molar-refractivity contribution in [1.29, 1.82) is 0 Å². The van der Waals surface area contributed by atoms with Crippen LogP contribution in [-0.4, -0.2) is 30.8 Å². The summed E-state index contributed by atoms with van der Waals surface area (Å²) < 4.78 is 10.6. The topological polar surface area (TPSA) is 90.4 Å². The third-order valence-electron chi connectivity index (χ3n) is 4.37. The average molecular weight is 315 g/mol. The highest BCUT2D eigenvalue weighted by molar-refractivity contribution is 5.83. The van der Waals surface area contributed by atoms with E-state index in [0.29, 0.717) is 44.9 Å². The van der Waals surface area contributed by atoms with Crippen molar-refractivity contribution >= 4 is 5.91 Å². The zero-order valence-electron chi connectivity index (χ0n) is 13.0. The van der Waals surface area contributed by atoms with Gasteiger partial charge >= 0.3 is 0 Å². The zero-order valence-corrected chi connectivity index (χ0v) is 13.0. The molecule has 1 saturated heterocycles. The molecule has 0 aliphatic carbocycles. The second-order valence-corrected chi connectivity index (χ2v) is 5.82. The maximum atomic E-state index is 12.5. The standard InChI is InChI=1S/C17H21N3O3/c18-12-17(6-8-22-9-7-17)16(21)19-11-14-10-15(20-23-14)13-4-2-1-3-5-13/h1-5,10H,6-9,11-12,18H2,(H,19,21). The van der Waals surface area contributed by atoms with Gasteiger partial charge in [-0.3, -0.25) is 4.79 Å². The fraction of sp³-hybridized carbons (Fsp3) is 0.412. The van der Waals surface area contributed by atoms with E-state index in [1.165, 1.54) is 0 Å². The summed E-state index contributed by atoms with van der Waals surface area (Å²) >= 11 is 0. The van der Waals surface area contributed by atoms with E-state index >= 15 is 0 Å². The van der Waals surface area contributed by atoms with Crippen LogP contribution in [0.15, 0.2) is 40.9 Å². The number of nitrogens with two attached hydrogens (primary N) is 1. The highest BCUT2D eigenvalue weighted by Gasteiger charge is 2.38. The second-order valence-electron chi connectivity index (χ2n) is 5.82. The molecule has 0 saturated carbocycles. The van der Waals surface area contributed by atoms with Gasteiger partial charge in [0.15, 0.2) is 5.76 Å². The molecule has 6 heteroatoms. The number of carbonyl (C=O) groups excluding carboxylic acids is 1. The molecule has 0 bridgehead atoms. The van der Waals surface area contributed by atoms with E-state index in [-0.39, 0.29) is 5.91 Å². The number of nitrogens with one attached hydrogen (secondary N) is 1. The molecule has 0 unspecified atom stereocenters. The second kappa shape index (κ2) is 6.93. The summed E-state index contributed by atoms with van der Waals surface area (Å²) in [5, 5.41) is 6.96. The Balaban J connectivity index is 1.62. The quantitative estimate of drug-likeness (QED) is 0.876. The number of rotatable bonds is 5. The Morgan fingerprint density at radius 2 is 2.00 bits per heavy atom. The normalized spacial score (nSPS) is 16.9. The lowest BCUT2D eigenvalue weighted by Gasteiger charge is -2.34. The Bertz CT molecular complexity index is 648. The van der Waals surface area contributed by atoms with Crippen LogP contribution in [0.4, 0.5) is 0 Å². The van der Waals surface area contributed by atoms with Gasteiger partial charge in [0.1, 0.15) is 5.69 Å². The molecule has 1 aliphatic rings. The lowest BCUT2D eigenvalue weighted by Crippen LogP contribution is -2.48. The number of carbonyl (C=O) groups is 1. The Hall–Kier alpha value is -2.18. The Kier molecular flexibility index (Phi) is 4.73. The van der Waals surface area contributed by atoms with Crippen molar-refractivity contribution in [2.24, 2.45) is 11.1 Å². The SMILES string of the molecule is NCC1(C(=O)NCc2cc(-c3ccccc3)no2)CCOCC1. The number of benzene rings is 1. The van der Waals surface area contributed by atoms with Crippen LogP contribution in [0.2, 0.25) is 0 Å². The van der Waals surface area contributed by atoms with Gasteiger partial charge < -0.3 is 20.3 Å². The Morgan fingerprint density at radius 1 is 1.26 bits per heavy atom. The summed E-state index contributed by atoms with van der Waals surface area (Å²) in [7, 11) is 0. The number of amides is 1. The van der Waals surface area contributed by atoms with Crippen LogP contribution in [0.3, 0.4) is 0 Å². The van der Waals surface area contributed by atoms with Gasteiger partial charge in [0.05, 0.1) is 12.0 Å². The molecule has 3 N–H and O–H groups in total. The largest absolute Gasteiger partial charge is 0.381 e. The van der Waals surface area contributed by atoms with Crippen molar-refractivity contribution in [3.8, 4) is 11.3 Å². The first-order valence-electron chi connectivity index (χ1n) is 7.81. The fourth-order valence-electron chi connectivity index (χ4n) is 2.78. The minimum Gasteiger partial charge on any atom is -0.381 e. The molecule has 23 heavy (non-hydrogen) atoms. The Labute approximate surface area is 135 Å². The van der Waals surface area contributed by atoms with E-state index < -0.39 is 5.41 Å². The lowest BCUT2D eigenvalue weighted by atomic mass is 9.79. The zero-order chi connectivity index (χ0) is 16.1. The molecule has 1 amide bonds. The summed E-state index contributed by atoms with van der Waals surface area (Å²) in [6.45, 7) is 1.78. The molecular weight excluding hydrogens is 294 g/mol. The van der Waals surface area contributed by atoms with E-state index in [1.807, 2.05) is 36.4 Å². The lowest BCUT2D eigenvalue weighted by molar-refractivity contribution is -0.136. The highest BCUT2D eigenvalue weighted by Crippen LogP contribution is 2.29. The van der Waals surface area contributed by atoms with E-state index in [1.54, 1.807) is 0 Å². The monoisotopic (exact) mass is 315 g/mol. The molecule has 2 heterocycles. The van der Waals surface area contributed by atoms with E-state index in [9.17, 15) is 4.79 Å². The van der Waals surface area contributed by atoms with Crippen molar-refractivity contribution in [2.45, 2.75) is 19.4 Å². The van der Waals surface area contributed by atoms with Gasteiger partial charge in [0, 0.05) is 31.4 Å². The van der Waals surface area contributed by atoms with Crippen LogP contribution in [-0.2, 0) is 16.1 Å². The molecule has 1 aromatic heterocycles. The molecular formula is C17H21N3O3. The molecule has 3 rings (SSSR count). The molecule has 0 radical (unpaired) electrons. The smallest absolute Gasteiger partial charge is 0.228 e. The molecule has 6 nitrogen and oxygen atoms in total. The molecule has 122 valence electrons. The van der Waals surface area contributed by atoms with Gasteiger partial charge in [-0.1, -0.05) is 35.5 Å². The van der Waals surface area contributed by atoms with Crippen molar-refractivity contribution in [2.75, 3.05) is 19.8 Å². The van der Waals surface area contributed by atoms with Crippen LogP contribution in [0.5, 0.6) is 0 Å². The predicted octanol–water partition coefficient (Wildman–Crippen LogP) is 1.71. The van der Waals surface area contributed by atoms with Crippen LogP contribution in [0, 0.1) is 5.41 Å². The molecule has 1 fully saturated rings. The average Bonchev–Trinajstić information content (AvgIpc) is 3.10. The summed E-state index contributed by atoms with van der Waals surface area (Å²) in [5.41, 5.74) is 7.05. The van der Waals surface area contributed by atoms with Gasteiger partial charge in [-0.15, -0.1) is 0 Å². The van der Waals surface area contributed by atoms with Crippen LogP contribution < -0.4 is 11.1 Å². The summed E-state index contributed by atoms with van der Waals surface area (Å²) in [4.78, 5) is 12.5. The molecule has 1 aromatic carbocycles. The maximum Gasteiger partial charge on any atom is 0.228 e. The third kappa shape index (κ3) is 3.43. The molecule has 0 spiro atoms. The van der Waals surface area contributed by atoms with Gasteiger partial charge in [0.2, 0.25) is 5.91 Å². The third-order valence-corrected chi connectivity index (χ3v) is 4.37. The maximum absolute atomic E-state index is 12.5. The van der Waals surface area contributed by atoms with Crippen molar-refractivity contribution in [3.05, 3.63) is 42.2 Å². The van der Waals surface area contributed by atoms with Gasteiger partial charge in [0.25, 0.3) is 0 Å². The van der Waals surface area contributed by atoms with Crippen molar-refractivity contribution in [1.82, 2.24) is 10.5 Å². The number of nitrogens with zero attached hydrogens (tertiary/aromatic N) is 1.